The van der Waals surface area contributed by atoms with E-state index in [1.54, 1.807) is 5.57 Å². The van der Waals surface area contributed by atoms with Crippen molar-refractivity contribution in [1.29, 1.82) is 0 Å². The van der Waals surface area contributed by atoms with Crippen LogP contribution in [0.3, 0.4) is 0 Å². The summed E-state index contributed by atoms with van der Waals surface area (Å²) in [6, 6.07) is 4.08. The second kappa shape index (κ2) is 12.3. The molecule has 1 aromatic rings. The Morgan fingerprint density at radius 1 is 1.26 bits per heavy atom. The van der Waals surface area contributed by atoms with Crippen LogP contribution in [0.2, 0.25) is 0 Å². The van der Waals surface area contributed by atoms with Gasteiger partial charge in [0, 0.05) is 32.0 Å². The first-order valence-corrected chi connectivity index (χ1v) is 8.47. The summed E-state index contributed by atoms with van der Waals surface area (Å²) in [5, 5.41) is 6.71. The van der Waals surface area contributed by atoms with Gasteiger partial charge in [-0.2, -0.15) is 0 Å². The molecule has 0 aromatic carbocycles. The van der Waals surface area contributed by atoms with Crippen LogP contribution in [0.25, 0.3) is 0 Å². The average Bonchev–Trinajstić information content (AvgIpc) is 2.57. The Morgan fingerprint density at radius 3 is 2.87 bits per heavy atom. The van der Waals surface area contributed by atoms with Gasteiger partial charge in [-0.1, -0.05) is 17.7 Å². The van der Waals surface area contributed by atoms with Crippen molar-refractivity contribution in [2.45, 2.75) is 45.4 Å². The molecule has 0 fully saturated rings. The molecule has 1 aliphatic rings. The summed E-state index contributed by atoms with van der Waals surface area (Å²) < 4.78 is 0. The molecule has 4 nitrogen and oxygen atoms in total. The summed E-state index contributed by atoms with van der Waals surface area (Å²) in [6.07, 6.45) is 13.4. The zero-order valence-corrected chi connectivity index (χ0v) is 16.4. The van der Waals surface area contributed by atoms with E-state index >= 15 is 0 Å². The van der Waals surface area contributed by atoms with Crippen molar-refractivity contribution in [1.82, 2.24) is 15.6 Å². The molecule has 23 heavy (non-hydrogen) atoms. The molecule has 0 amide bonds. The first-order chi connectivity index (χ1) is 10.9. The maximum atomic E-state index is 4.68. The van der Waals surface area contributed by atoms with Crippen LogP contribution < -0.4 is 10.6 Å². The van der Waals surface area contributed by atoms with Crippen LogP contribution in [-0.4, -0.2) is 30.6 Å². The fourth-order valence-corrected chi connectivity index (χ4v) is 2.66. The lowest BCUT2D eigenvalue weighted by molar-refractivity contribution is 0.674. The number of nitrogens with one attached hydrogen (secondary N) is 2. The fraction of sp³-hybridized carbons (Fsp3) is 0.556. The SMILES string of the molecule is CCNC(=NCCC1=CCCCC1)NCCc1cccnc1.I. The molecule has 0 radical (unpaired) electrons. The topological polar surface area (TPSA) is 49.3 Å². The molecule has 1 aliphatic carbocycles. The van der Waals surface area contributed by atoms with Gasteiger partial charge < -0.3 is 10.6 Å². The molecular weight excluding hydrogens is 399 g/mol. The molecule has 0 saturated heterocycles. The third-order valence-corrected chi connectivity index (χ3v) is 3.86. The first kappa shape index (κ1) is 19.9. The smallest absolute Gasteiger partial charge is 0.191 e. The minimum Gasteiger partial charge on any atom is -0.357 e. The lowest BCUT2D eigenvalue weighted by Crippen LogP contribution is -2.38. The Kier molecular flexibility index (Phi) is 10.7. The third kappa shape index (κ3) is 8.34. The Hall–Kier alpha value is -1.11. The quantitative estimate of drug-likeness (QED) is 0.302. The van der Waals surface area contributed by atoms with Crippen molar-refractivity contribution in [2.24, 2.45) is 4.99 Å². The predicted octanol–water partition coefficient (Wildman–Crippen LogP) is 3.69. The van der Waals surface area contributed by atoms with Crippen molar-refractivity contribution in [2.75, 3.05) is 19.6 Å². The molecule has 0 unspecified atom stereocenters. The lowest BCUT2D eigenvalue weighted by Gasteiger charge is -2.13. The van der Waals surface area contributed by atoms with Gasteiger partial charge in [0.25, 0.3) is 0 Å². The molecule has 128 valence electrons. The molecule has 1 heterocycles. The van der Waals surface area contributed by atoms with E-state index in [9.17, 15) is 0 Å². The summed E-state index contributed by atoms with van der Waals surface area (Å²) in [6.45, 7) is 4.73. The fourth-order valence-electron chi connectivity index (χ4n) is 2.66. The third-order valence-electron chi connectivity index (χ3n) is 3.86. The van der Waals surface area contributed by atoms with E-state index in [2.05, 4.69) is 39.7 Å². The zero-order valence-electron chi connectivity index (χ0n) is 14.1. The number of hydrogen-bond acceptors (Lipinski definition) is 2. The molecule has 1 aromatic heterocycles. The maximum Gasteiger partial charge on any atom is 0.191 e. The molecule has 0 aliphatic heterocycles. The highest BCUT2D eigenvalue weighted by molar-refractivity contribution is 14.0. The average molecular weight is 428 g/mol. The van der Waals surface area contributed by atoms with Crippen molar-refractivity contribution in [3.63, 3.8) is 0 Å². The normalized spacial score (nSPS) is 14.7. The van der Waals surface area contributed by atoms with Crippen LogP contribution in [0.4, 0.5) is 0 Å². The van der Waals surface area contributed by atoms with Gasteiger partial charge in [-0.25, -0.2) is 0 Å². The Bertz CT molecular complexity index is 485. The summed E-state index contributed by atoms with van der Waals surface area (Å²) >= 11 is 0. The summed E-state index contributed by atoms with van der Waals surface area (Å²) in [4.78, 5) is 8.82. The number of allylic oxidation sites excluding steroid dienone is 1. The number of nitrogens with zero attached hydrogens (tertiary/aromatic N) is 2. The van der Waals surface area contributed by atoms with Gasteiger partial charge in [0.2, 0.25) is 0 Å². The Balaban J connectivity index is 0.00000264. The number of rotatable bonds is 7. The Labute approximate surface area is 157 Å². The van der Waals surface area contributed by atoms with E-state index in [1.165, 1.54) is 31.2 Å². The van der Waals surface area contributed by atoms with Gasteiger partial charge in [0.1, 0.15) is 0 Å². The van der Waals surface area contributed by atoms with Gasteiger partial charge in [0.15, 0.2) is 5.96 Å². The minimum absolute atomic E-state index is 0. The van der Waals surface area contributed by atoms with Crippen LogP contribution in [0.5, 0.6) is 0 Å². The van der Waals surface area contributed by atoms with Crippen LogP contribution in [-0.2, 0) is 6.42 Å². The number of pyridine rings is 1. The number of hydrogen-bond donors (Lipinski definition) is 2. The van der Waals surface area contributed by atoms with Crippen molar-refractivity contribution >= 4 is 29.9 Å². The highest BCUT2D eigenvalue weighted by Crippen LogP contribution is 2.19. The van der Waals surface area contributed by atoms with Crippen molar-refractivity contribution in [3.05, 3.63) is 41.7 Å². The molecule has 5 heteroatoms. The van der Waals surface area contributed by atoms with E-state index in [0.717, 1.165) is 38.4 Å². The van der Waals surface area contributed by atoms with E-state index in [0.29, 0.717) is 0 Å². The monoisotopic (exact) mass is 428 g/mol. The lowest BCUT2D eigenvalue weighted by atomic mass is 9.97. The highest BCUT2D eigenvalue weighted by atomic mass is 127. The van der Waals surface area contributed by atoms with E-state index in [4.69, 9.17) is 0 Å². The first-order valence-electron chi connectivity index (χ1n) is 8.47. The van der Waals surface area contributed by atoms with Crippen molar-refractivity contribution in [3.8, 4) is 0 Å². The van der Waals surface area contributed by atoms with Crippen LogP contribution in [0.15, 0.2) is 41.2 Å². The van der Waals surface area contributed by atoms with E-state index in [-0.39, 0.29) is 24.0 Å². The maximum absolute atomic E-state index is 4.68. The molecule has 0 bridgehead atoms. The number of guanidine groups is 1. The van der Waals surface area contributed by atoms with E-state index < -0.39 is 0 Å². The van der Waals surface area contributed by atoms with Crippen molar-refractivity contribution < 1.29 is 0 Å². The van der Waals surface area contributed by atoms with Gasteiger partial charge in [0.05, 0.1) is 0 Å². The van der Waals surface area contributed by atoms with Crippen LogP contribution >= 0.6 is 24.0 Å². The predicted molar refractivity (Wildman–Crippen MR) is 109 cm³/mol. The summed E-state index contributed by atoms with van der Waals surface area (Å²) in [7, 11) is 0. The minimum atomic E-state index is 0. The summed E-state index contributed by atoms with van der Waals surface area (Å²) in [5.41, 5.74) is 2.83. The largest absolute Gasteiger partial charge is 0.357 e. The van der Waals surface area contributed by atoms with E-state index in [1.807, 2.05) is 18.5 Å². The molecule has 2 N–H and O–H groups in total. The molecule has 2 rings (SSSR count). The van der Waals surface area contributed by atoms with Crippen LogP contribution in [0, 0.1) is 0 Å². The molecular formula is C18H29IN4. The van der Waals surface area contributed by atoms with Gasteiger partial charge in [-0.15, -0.1) is 24.0 Å². The second-order valence-corrected chi connectivity index (χ2v) is 5.66. The summed E-state index contributed by atoms with van der Waals surface area (Å²) in [5.74, 6) is 0.919. The molecule has 0 atom stereocenters. The van der Waals surface area contributed by atoms with Gasteiger partial charge in [-0.3, -0.25) is 9.98 Å². The Morgan fingerprint density at radius 2 is 2.17 bits per heavy atom. The second-order valence-electron chi connectivity index (χ2n) is 5.66. The van der Waals surface area contributed by atoms with Gasteiger partial charge in [-0.05, 0) is 57.1 Å². The number of aromatic nitrogens is 1. The standard InChI is InChI=1S/C18H28N4.HI/c1-2-20-18(21-13-10-16-7-4-3-5-8-16)22-14-11-17-9-6-12-19-15-17;/h6-7,9,12,15H,2-5,8,10-11,13-14H2,1H3,(H2,20,21,22);1H. The number of halogens is 1. The molecule has 0 spiro atoms. The van der Waals surface area contributed by atoms with Crippen LogP contribution in [0.1, 0.15) is 44.6 Å². The number of aliphatic imine (C=N–C) groups is 1. The molecule has 0 saturated carbocycles. The zero-order chi connectivity index (χ0) is 15.5. The van der Waals surface area contributed by atoms with Gasteiger partial charge >= 0.3 is 0 Å². The highest BCUT2D eigenvalue weighted by Gasteiger charge is 2.03.